The molecule has 6 nitrogen and oxygen atoms in total. The zero-order valence-corrected chi connectivity index (χ0v) is 13.6. The van der Waals surface area contributed by atoms with Gasteiger partial charge in [-0.1, -0.05) is 0 Å². The van der Waals surface area contributed by atoms with E-state index in [1.54, 1.807) is 4.90 Å². The first-order valence-electron chi connectivity index (χ1n) is 6.73. The number of rotatable bonds is 5. The van der Waals surface area contributed by atoms with E-state index in [4.69, 9.17) is 0 Å². The number of nitrogens with one attached hydrogen (secondary N) is 2. The van der Waals surface area contributed by atoms with E-state index in [0.717, 1.165) is 25.2 Å². The van der Waals surface area contributed by atoms with E-state index >= 15 is 0 Å². The highest BCUT2D eigenvalue weighted by Crippen LogP contribution is 2.09. The number of amides is 1. The molecule has 1 aliphatic heterocycles. The van der Waals surface area contributed by atoms with Gasteiger partial charge in [-0.3, -0.25) is 4.79 Å². The molecule has 1 aliphatic rings. The van der Waals surface area contributed by atoms with E-state index < -0.39 is 15.8 Å². The molecule has 1 saturated heterocycles. The van der Waals surface area contributed by atoms with Crippen LogP contribution in [0, 0.1) is 5.82 Å². The quantitative estimate of drug-likeness (QED) is 0.802. The molecule has 0 saturated carbocycles. The van der Waals surface area contributed by atoms with Gasteiger partial charge in [-0.05, 0) is 24.3 Å². The Labute approximate surface area is 135 Å². The number of benzene rings is 1. The molecule has 0 unspecified atom stereocenters. The summed E-state index contributed by atoms with van der Waals surface area (Å²) in [4.78, 5) is 13.6. The van der Waals surface area contributed by atoms with Crippen molar-refractivity contribution in [3.05, 3.63) is 30.1 Å². The molecule has 0 aliphatic carbocycles. The standard InChI is InChI=1S/C13H18FN3O3S.ClH/c14-11-1-3-12(4-2-11)21(19,20)16-6-5-13(18)17-9-7-15-8-10-17;/h1-4,15-16H,5-10H2;1H. The number of hydrogen-bond donors (Lipinski definition) is 2. The second-order valence-corrected chi connectivity index (χ2v) is 6.50. The van der Waals surface area contributed by atoms with E-state index in [0.29, 0.717) is 13.1 Å². The average Bonchev–Trinajstić information content (AvgIpc) is 2.48. The molecular formula is C13H19ClFN3O3S. The molecule has 1 aromatic rings. The molecule has 0 atom stereocenters. The summed E-state index contributed by atoms with van der Waals surface area (Å²) in [6.45, 7) is 2.83. The number of sulfonamides is 1. The SMILES string of the molecule is Cl.O=C(CCNS(=O)(=O)c1ccc(F)cc1)N1CCNCC1. The fraction of sp³-hybridized carbons (Fsp3) is 0.462. The number of halogens is 2. The van der Waals surface area contributed by atoms with Gasteiger partial charge in [0, 0.05) is 39.1 Å². The first kappa shape index (κ1) is 18.8. The Kier molecular flexibility index (Phi) is 7.21. The van der Waals surface area contributed by atoms with Crippen molar-refractivity contribution in [3.63, 3.8) is 0 Å². The predicted molar refractivity (Wildman–Crippen MR) is 82.9 cm³/mol. The van der Waals surface area contributed by atoms with Gasteiger partial charge < -0.3 is 10.2 Å². The molecule has 2 N–H and O–H groups in total. The Morgan fingerprint density at radius 2 is 1.82 bits per heavy atom. The normalized spacial score (nSPS) is 15.2. The summed E-state index contributed by atoms with van der Waals surface area (Å²) in [5, 5.41) is 3.14. The minimum Gasteiger partial charge on any atom is -0.340 e. The van der Waals surface area contributed by atoms with Gasteiger partial charge in [-0.15, -0.1) is 12.4 Å². The Bertz CT molecular complexity index is 589. The molecule has 1 aromatic carbocycles. The Morgan fingerprint density at radius 1 is 1.23 bits per heavy atom. The largest absolute Gasteiger partial charge is 0.340 e. The zero-order valence-electron chi connectivity index (χ0n) is 11.9. The Morgan fingerprint density at radius 3 is 2.41 bits per heavy atom. The molecular weight excluding hydrogens is 333 g/mol. The van der Waals surface area contributed by atoms with Gasteiger partial charge in [0.15, 0.2) is 0 Å². The molecule has 0 aromatic heterocycles. The second kappa shape index (κ2) is 8.42. The van der Waals surface area contributed by atoms with Crippen LogP contribution < -0.4 is 10.0 Å². The van der Waals surface area contributed by atoms with Crippen molar-refractivity contribution in [2.75, 3.05) is 32.7 Å². The van der Waals surface area contributed by atoms with Crippen LogP contribution >= 0.6 is 12.4 Å². The van der Waals surface area contributed by atoms with Crippen LogP contribution in [0.1, 0.15) is 6.42 Å². The highest BCUT2D eigenvalue weighted by molar-refractivity contribution is 7.89. The second-order valence-electron chi connectivity index (χ2n) is 4.73. The molecule has 1 heterocycles. The van der Waals surface area contributed by atoms with Gasteiger partial charge in [-0.2, -0.15) is 0 Å². The van der Waals surface area contributed by atoms with Gasteiger partial charge in [0.05, 0.1) is 4.90 Å². The van der Waals surface area contributed by atoms with Gasteiger partial charge in [-0.25, -0.2) is 17.5 Å². The zero-order chi connectivity index (χ0) is 15.3. The molecule has 0 bridgehead atoms. The highest BCUT2D eigenvalue weighted by Gasteiger charge is 2.18. The fourth-order valence-electron chi connectivity index (χ4n) is 2.06. The van der Waals surface area contributed by atoms with E-state index in [1.807, 2.05) is 0 Å². The van der Waals surface area contributed by atoms with Crippen molar-refractivity contribution < 1.29 is 17.6 Å². The van der Waals surface area contributed by atoms with Crippen molar-refractivity contribution in [2.24, 2.45) is 0 Å². The Hall–Kier alpha value is -1.22. The lowest BCUT2D eigenvalue weighted by atomic mass is 10.3. The Balaban J connectivity index is 0.00000242. The maximum atomic E-state index is 12.8. The van der Waals surface area contributed by atoms with Crippen molar-refractivity contribution in [3.8, 4) is 0 Å². The minimum absolute atomic E-state index is 0. The smallest absolute Gasteiger partial charge is 0.240 e. The number of carbonyl (C=O) groups excluding carboxylic acids is 1. The molecule has 0 spiro atoms. The number of piperazine rings is 1. The van der Waals surface area contributed by atoms with Crippen molar-refractivity contribution in [1.29, 1.82) is 0 Å². The lowest BCUT2D eigenvalue weighted by molar-refractivity contribution is -0.131. The van der Waals surface area contributed by atoms with Crippen molar-refractivity contribution in [2.45, 2.75) is 11.3 Å². The maximum absolute atomic E-state index is 12.8. The number of nitrogens with zero attached hydrogens (tertiary/aromatic N) is 1. The predicted octanol–water partition coefficient (Wildman–Crippen LogP) is 0.348. The van der Waals surface area contributed by atoms with E-state index in [-0.39, 0.29) is 36.2 Å². The van der Waals surface area contributed by atoms with Crippen LogP contribution in [-0.4, -0.2) is 51.9 Å². The molecule has 124 valence electrons. The van der Waals surface area contributed by atoms with Crippen LogP contribution in [0.4, 0.5) is 4.39 Å². The lowest BCUT2D eigenvalue weighted by Crippen LogP contribution is -2.47. The topological polar surface area (TPSA) is 78.5 Å². The average molecular weight is 352 g/mol. The monoisotopic (exact) mass is 351 g/mol. The van der Waals surface area contributed by atoms with Gasteiger partial charge >= 0.3 is 0 Å². The number of hydrogen-bond acceptors (Lipinski definition) is 4. The third kappa shape index (κ3) is 5.20. The number of carbonyl (C=O) groups is 1. The summed E-state index contributed by atoms with van der Waals surface area (Å²) in [6, 6.07) is 4.55. The molecule has 9 heteroatoms. The summed E-state index contributed by atoms with van der Waals surface area (Å²) in [6.07, 6.45) is 0.112. The first-order valence-corrected chi connectivity index (χ1v) is 8.21. The van der Waals surface area contributed by atoms with Crippen molar-refractivity contribution >= 4 is 28.3 Å². The third-order valence-corrected chi connectivity index (χ3v) is 4.70. The summed E-state index contributed by atoms with van der Waals surface area (Å²) in [7, 11) is -3.70. The van der Waals surface area contributed by atoms with Gasteiger partial charge in [0.2, 0.25) is 15.9 Å². The van der Waals surface area contributed by atoms with E-state index in [2.05, 4.69) is 10.0 Å². The van der Waals surface area contributed by atoms with E-state index in [1.165, 1.54) is 12.1 Å². The summed E-state index contributed by atoms with van der Waals surface area (Å²) in [5.41, 5.74) is 0. The summed E-state index contributed by atoms with van der Waals surface area (Å²) < 4.78 is 39.0. The van der Waals surface area contributed by atoms with Gasteiger partial charge in [0.25, 0.3) is 0 Å². The highest BCUT2D eigenvalue weighted by atomic mass is 35.5. The lowest BCUT2D eigenvalue weighted by Gasteiger charge is -2.27. The third-order valence-electron chi connectivity index (χ3n) is 3.22. The summed E-state index contributed by atoms with van der Waals surface area (Å²) >= 11 is 0. The van der Waals surface area contributed by atoms with Crippen LogP contribution in [0.5, 0.6) is 0 Å². The molecule has 0 radical (unpaired) electrons. The van der Waals surface area contributed by atoms with Crippen LogP contribution in [0.2, 0.25) is 0 Å². The van der Waals surface area contributed by atoms with Crippen LogP contribution in [0.25, 0.3) is 0 Å². The molecule has 1 amide bonds. The van der Waals surface area contributed by atoms with Crippen LogP contribution in [0.3, 0.4) is 0 Å². The van der Waals surface area contributed by atoms with Crippen molar-refractivity contribution in [1.82, 2.24) is 14.9 Å². The van der Waals surface area contributed by atoms with Crippen LogP contribution in [0.15, 0.2) is 29.2 Å². The molecule has 2 rings (SSSR count). The van der Waals surface area contributed by atoms with E-state index in [9.17, 15) is 17.6 Å². The molecule has 22 heavy (non-hydrogen) atoms. The first-order chi connectivity index (χ1) is 9.99. The minimum atomic E-state index is -3.70. The van der Waals surface area contributed by atoms with Crippen LogP contribution in [-0.2, 0) is 14.8 Å². The fourth-order valence-corrected chi connectivity index (χ4v) is 3.09. The van der Waals surface area contributed by atoms with Gasteiger partial charge in [0.1, 0.15) is 5.82 Å². The maximum Gasteiger partial charge on any atom is 0.240 e. The molecule has 1 fully saturated rings. The summed E-state index contributed by atoms with van der Waals surface area (Å²) in [5.74, 6) is -0.568.